The van der Waals surface area contributed by atoms with Crippen LogP contribution in [0.4, 0.5) is 0 Å². The Morgan fingerprint density at radius 2 is 1.58 bits per heavy atom. The molecule has 0 bridgehead atoms. The Bertz CT molecular complexity index is 797. The van der Waals surface area contributed by atoms with Gasteiger partial charge in [-0.2, -0.15) is 0 Å². The highest BCUT2D eigenvalue weighted by Crippen LogP contribution is 2.12. The Morgan fingerprint density at radius 1 is 0.939 bits per heavy atom. The fourth-order valence-corrected chi connectivity index (χ4v) is 3.03. The maximum atomic E-state index is 12.9. The first-order chi connectivity index (χ1) is 15.6. The molecular formula is C21H35N7O5. The number of amides is 2. The summed E-state index contributed by atoms with van der Waals surface area (Å²) in [6.45, 7) is 0.727. The number of hydrogen-bond donors (Lipinski definition) is 8. The summed E-state index contributed by atoms with van der Waals surface area (Å²) in [5, 5.41) is 24.0. The van der Waals surface area contributed by atoms with Gasteiger partial charge in [0.2, 0.25) is 11.8 Å². The van der Waals surface area contributed by atoms with E-state index in [1.807, 2.05) is 0 Å². The molecule has 0 aliphatic rings. The van der Waals surface area contributed by atoms with E-state index < -0.39 is 35.9 Å². The van der Waals surface area contributed by atoms with Crippen LogP contribution >= 0.6 is 0 Å². The maximum Gasteiger partial charge on any atom is 0.326 e. The van der Waals surface area contributed by atoms with Crippen LogP contribution in [0.15, 0.2) is 29.3 Å². The van der Waals surface area contributed by atoms with Crippen LogP contribution < -0.4 is 33.6 Å². The lowest BCUT2D eigenvalue weighted by atomic mass is 10.0. The molecular weight excluding hydrogens is 430 g/mol. The van der Waals surface area contributed by atoms with Crippen LogP contribution in [-0.2, 0) is 20.8 Å². The molecule has 0 aliphatic heterocycles. The van der Waals surface area contributed by atoms with E-state index in [9.17, 15) is 24.6 Å². The molecule has 3 atom stereocenters. The third-order valence-electron chi connectivity index (χ3n) is 4.88. The molecule has 0 saturated carbocycles. The fourth-order valence-electron chi connectivity index (χ4n) is 3.03. The molecule has 0 aromatic heterocycles. The van der Waals surface area contributed by atoms with Crippen molar-refractivity contribution in [1.82, 2.24) is 10.6 Å². The van der Waals surface area contributed by atoms with E-state index in [0.29, 0.717) is 37.9 Å². The lowest BCUT2D eigenvalue weighted by Crippen LogP contribution is -2.55. The van der Waals surface area contributed by atoms with Crippen molar-refractivity contribution in [2.24, 2.45) is 27.9 Å². The van der Waals surface area contributed by atoms with Crippen LogP contribution in [0.25, 0.3) is 0 Å². The van der Waals surface area contributed by atoms with Crippen LogP contribution in [0.3, 0.4) is 0 Å². The van der Waals surface area contributed by atoms with Gasteiger partial charge in [0.15, 0.2) is 5.96 Å². The standard InChI is InChI=1S/C21H35N7O5/c22-10-2-1-5-16(20(32)33)27-19(31)17(12-13-6-8-14(29)9-7-13)28-18(30)15(23)4-3-11-26-21(24)25/h6-9,15-17,29H,1-5,10-12,22-23H2,(H,27,31)(H,28,30)(H,32,33)(H4,24,25,26). The third-order valence-corrected chi connectivity index (χ3v) is 4.88. The first-order valence-corrected chi connectivity index (χ1v) is 10.8. The highest BCUT2D eigenvalue weighted by atomic mass is 16.4. The van der Waals surface area contributed by atoms with Gasteiger partial charge in [-0.05, 0) is 56.3 Å². The number of phenolic OH excluding ortho intramolecular Hbond substituents is 1. The number of guanidine groups is 1. The normalized spacial score (nSPS) is 13.4. The van der Waals surface area contributed by atoms with E-state index in [1.54, 1.807) is 12.1 Å². The Hall–Kier alpha value is -3.38. The monoisotopic (exact) mass is 465 g/mol. The Balaban J connectivity index is 2.87. The Morgan fingerprint density at radius 3 is 2.15 bits per heavy atom. The van der Waals surface area contributed by atoms with Crippen molar-refractivity contribution >= 4 is 23.7 Å². The summed E-state index contributed by atoms with van der Waals surface area (Å²) in [5.74, 6) is -2.39. The highest BCUT2D eigenvalue weighted by Gasteiger charge is 2.28. The average Bonchev–Trinajstić information content (AvgIpc) is 2.76. The summed E-state index contributed by atoms with van der Waals surface area (Å²) in [7, 11) is 0. The first-order valence-electron chi connectivity index (χ1n) is 10.8. The number of nitrogens with one attached hydrogen (secondary N) is 2. The number of aliphatic imine (C=N–C) groups is 1. The number of rotatable bonds is 15. The van der Waals surface area contributed by atoms with Gasteiger partial charge >= 0.3 is 5.97 Å². The van der Waals surface area contributed by atoms with Crippen molar-refractivity contribution in [3.8, 4) is 5.75 Å². The number of benzene rings is 1. The number of unbranched alkanes of at least 4 members (excludes halogenated alkanes) is 1. The van der Waals surface area contributed by atoms with Gasteiger partial charge in [-0.25, -0.2) is 4.79 Å². The van der Waals surface area contributed by atoms with Crippen molar-refractivity contribution in [3.05, 3.63) is 29.8 Å². The molecule has 1 aromatic carbocycles. The second-order valence-electron chi connectivity index (χ2n) is 7.67. The minimum Gasteiger partial charge on any atom is -0.508 e. The van der Waals surface area contributed by atoms with Crippen molar-refractivity contribution in [2.75, 3.05) is 13.1 Å². The van der Waals surface area contributed by atoms with Gasteiger partial charge < -0.3 is 43.8 Å². The van der Waals surface area contributed by atoms with E-state index in [0.717, 1.165) is 0 Å². The smallest absolute Gasteiger partial charge is 0.326 e. The summed E-state index contributed by atoms with van der Waals surface area (Å²) < 4.78 is 0. The molecule has 33 heavy (non-hydrogen) atoms. The van der Waals surface area contributed by atoms with Crippen LogP contribution in [0, 0.1) is 0 Å². The zero-order valence-electron chi connectivity index (χ0n) is 18.6. The van der Waals surface area contributed by atoms with Gasteiger partial charge in [0.05, 0.1) is 6.04 Å². The lowest BCUT2D eigenvalue weighted by Gasteiger charge is -2.23. The van der Waals surface area contributed by atoms with Crippen LogP contribution in [-0.4, -0.2) is 65.2 Å². The molecule has 184 valence electrons. The third kappa shape index (κ3) is 11.2. The van der Waals surface area contributed by atoms with Crippen molar-refractivity contribution in [3.63, 3.8) is 0 Å². The van der Waals surface area contributed by atoms with Crippen LogP contribution in [0.2, 0.25) is 0 Å². The molecule has 0 spiro atoms. The summed E-state index contributed by atoms with van der Waals surface area (Å²) in [6, 6.07) is 3.02. The Kier molecular flexibility index (Phi) is 12.3. The van der Waals surface area contributed by atoms with Gasteiger partial charge in [-0.3, -0.25) is 14.6 Å². The number of nitrogens with zero attached hydrogens (tertiary/aromatic N) is 1. The highest BCUT2D eigenvalue weighted by molar-refractivity contribution is 5.92. The predicted octanol–water partition coefficient (Wildman–Crippen LogP) is -1.50. The zero-order valence-corrected chi connectivity index (χ0v) is 18.6. The van der Waals surface area contributed by atoms with E-state index in [-0.39, 0.29) is 31.0 Å². The molecule has 3 unspecified atom stereocenters. The molecule has 1 aromatic rings. The second-order valence-corrected chi connectivity index (χ2v) is 7.67. The molecule has 0 radical (unpaired) electrons. The molecule has 0 fully saturated rings. The summed E-state index contributed by atoms with van der Waals surface area (Å²) in [5.41, 5.74) is 22.6. The van der Waals surface area contributed by atoms with Gasteiger partial charge in [0.25, 0.3) is 0 Å². The fraction of sp³-hybridized carbons (Fsp3) is 0.524. The summed E-state index contributed by atoms with van der Waals surface area (Å²) in [6.07, 6.45) is 2.19. The molecule has 12 heteroatoms. The van der Waals surface area contributed by atoms with Crippen LogP contribution in [0.5, 0.6) is 5.75 Å². The Labute approximate surface area is 192 Å². The number of nitrogens with two attached hydrogens (primary N) is 4. The summed E-state index contributed by atoms with van der Waals surface area (Å²) >= 11 is 0. The predicted molar refractivity (Wildman–Crippen MR) is 124 cm³/mol. The molecule has 2 amide bonds. The number of carbonyl (C=O) groups excluding carboxylic acids is 2. The SMILES string of the molecule is NCCCCC(NC(=O)C(Cc1ccc(O)cc1)NC(=O)C(N)CCCN=C(N)N)C(=O)O. The van der Waals surface area contributed by atoms with Crippen molar-refractivity contribution in [1.29, 1.82) is 0 Å². The van der Waals surface area contributed by atoms with Gasteiger partial charge in [0, 0.05) is 13.0 Å². The largest absolute Gasteiger partial charge is 0.508 e. The lowest BCUT2D eigenvalue weighted by molar-refractivity contribution is -0.142. The number of carbonyl (C=O) groups is 3. The van der Waals surface area contributed by atoms with Crippen molar-refractivity contribution in [2.45, 2.75) is 56.7 Å². The van der Waals surface area contributed by atoms with Gasteiger partial charge in [-0.15, -0.1) is 0 Å². The molecule has 0 aliphatic carbocycles. The van der Waals surface area contributed by atoms with E-state index >= 15 is 0 Å². The van der Waals surface area contributed by atoms with E-state index in [4.69, 9.17) is 22.9 Å². The van der Waals surface area contributed by atoms with E-state index in [1.165, 1.54) is 12.1 Å². The first kappa shape index (κ1) is 27.7. The zero-order chi connectivity index (χ0) is 24.8. The van der Waals surface area contributed by atoms with Crippen LogP contribution in [0.1, 0.15) is 37.7 Å². The molecule has 12 nitrogen and oxygen atoms in total. The number of aromatic hydroxyl groups is 1. The number of hydrogen-bond acceptors (Lipinski definition) is 7. The molecule has 1 rings (SSSR count). The molecule has 12 N–H and O–H groups in total. The number of phenols is 1. The molecule has 0 saturated heterocycles. The number of carboxylic acid groups (broad SMARTS) is 1. The quantitative estimate of drug-likeness (QED) is 0.0853. The molecule has 0 heterocycles. The average molecular weight is 466 g/mol. The second kappa shape index (κ2) is 14.6. The topological polar surface area (TPSA) is 232 Å². The van der Waals surface area contributed by atoms with Crippen molar-refractivity contribution < 1.29 is 24.6 Å². The minimum absolute atomic E-state index is 0.0532. The summed E-state index contributed by atoms with van der Waals surface area (Å²) in [4.78, 5) is 40.9. The van der Waals surface area contributed by atoms with Gasteiger partial charge in [0.1, 0.15) is 17.8 Å². The van der Waals surface area contributed by atoms with Gasteiger partial charge in [-0.1, -0.05) is 12.1 Å². The van der Waals surface area contributed by atoms with E-state index in [2.05, 4.69) is 15.6 Å². The minimum atomic E-state index is -1.17. The maximum absolute atomic E-state index is 12.9. The number of carboxylic acids is 1. The number of aliphatic carboxylic acids is 1.